The van der Waals surface area contributed by atoms with Gasteiger partial charge in [0.05, 0.1) is 5.92 Å². The van der Waals surface area contributed by atoms with E-state index in [0.29, 0.717) is 6.54 Å². The molecule has 0 aromatic heterocycles. The molecule has 118 valence electrons. The fourth-order valence-electron chi connectivity index (χ4n) is 2.92. The summed E-state index contributed by atoms with van der Waals surface area (Å²) in [5, 5.41) is 6.40. The van der Waals surface area contributed by atoms with Gasteiger partial charge in [-0.05, 0) is 24.1 Å². The largest absolute Gasteiger partial charge is 0.352 e. The Bertz CT molecular complexity index is 625. The average Bonchev–Trinajstić information content (AvgIpc) is 2.63. The molecule has 1 aliphatic rings. The molecule has 0 spiro atoms. The van der Waals surface area contributed by atoms with Crippen molar-refractivity contribution in [2.24, 2.45) is 0 Å². The van der Waals surface area contributed by atoms with Crippen molar-refractivity contribution in [3.8, 4) is 0 Å². The maximum Gasteiger partial charge on any atom is 0.232 e. The number of rotatable bonds is 5. The summed E-state index contributed by atoms with van der Waals surface area (Å²) in [6.45, 7) is 2.52. The van der Waals surface area contributed by atoms with Gasteiger partial charge in [0.1, 0.15) is 0 Å². The Kier molecular flexibility index (Phi) is 5.22. The molecular weight excluding hydrogens is 284 g/mol. The van der Waals surface area contributed by atoms with Gasteiger partial charge in [0.15, 0.2) is 0 Å². The van der Waals surface area contributed by atoms with E-state index < -0.39 is 0 Å². The highest BCUT2D eigenvalue weighted by Crippen LogP contribution is 2.24. The van der Waals surface area contributed by atoms with Crippen molar-refractivity contribution < 1.29 is 4.79 Å². The van der Waals surface area contributed by atoms with Crippen molar-refractivity contribution in [3.63, 3.8) is 0 Å². The van der Waals surface area contributed by atoms with E-state index in [4.69, 9.17) is 0 Å². The number of benzene rings is 2. The van der Waals surface area contributed by atoms with Crippen molar-refractivity contribution in [1.29, 1.82) is 0 Å². The van der Waals surface area contributed by atoms with E-state index in [-0.39, 0.29) is 11.8 Å². The highest BCUT2D eigenvalue weighted by Gasteiger charge is 2.22. The van der Waals surface area contributed by atoms with Crippen molar-refractivity contribution in [2.45, 2.75) is 12.3 Å². The zero-order valence-corrected chi connectivity index (χ0v) is 13.2. The standard InChI is InChI=1S/C20H22N2O/c23-20(22-15-16-11-13-21-14-12-16)19(17-7-3-1-4-8-17)18-9-5-2-6-10-18/h1-11,19,21H,12-15H2,(H,22,23). The Hall–Kier alpha value is -2.39. The van der Waals surface area contributed by atoms with Gasteiger partial charge in [0.25, 0.3) is 0 Å². The molecule has 0 fully saturated rings. The third kappa shape index (κ3) is 4.08. The van der Waals surface area contributed by atoms with Crippen LogP contribution in [0.15, 0.2) is 72.3 Å². The number of carbonyl (C=O) groups excluding carboxylic acids is 1. The minimum Gasteiger partial charge on any atom is -0.352 e. The second kappa shape index (κ2) is 7.75. The minimum atomic E-state index is -0.264. The molecule has 0 aliphatic carbocycles. The molecule has 0 unspecified atom stereocenters. The first kappa shape index (κ1) is 15.5. The first-order valence-electron chi connectivity index (χ1n) is 8.11. The molecule has 3 nitrogen and oxygen atoms in total. The van der Waals surface area contributed by atoms with Crippen LogP contribution in [-0.2, 0) is 4.79 Å². The van der Waals surface area contributed by atoms with Crippen molar-refractivity contribution in [1.82, 2.24) is 10.6 Å². The summed E-state index contributed by atoms with van der Waals surface area (Å²) in [6.07, 6.45) is 3.17. The number of amides is 1. The lowest BCUT2D eigenvalue weighted by atomic mass is 9.90. The molecule has 1 amide bonds. The highest BCUT2D eigenvalue weighted by molar-refractivity contribution is 5.87. The van der Waals surface area contributed by atoms with Gasteiger partial charge in [0.2, 0.25) is 5.91 Å². The third-order valence-electron chi connectivity index (χ3n) is 4.18. The summed E-state index contributed by atoms with van der Waals surface area (Å²) in [5.41, 5.74) is 3.35. The predicted octanol–water partition coefficient (Wildman–Crippen LogP) is 2.85. The van der Waals surface area contributed by atoms with E-state index in [1.165, 1.54) is 5.57 Å². The molecule has 2 aromatic carbocycles. The summed E-state index contributed by atoms with van der Waals surface area (Å²) in [6, 6.07) is 19.9. The first-order chi connectivity index (χ1) is 11.3. The lowest BCUT2D eigenvalue weighted by molar-refractivity contribution is -0.121. The molecule has 2 N–H and O–H groups in total. The van der Waals surface area contributed by atoms with Crippen molar-refractivity contribution in [2.75, 3.05) is 19.6 Å². The van der Waals surface area contributed by atoms with E-state index >= 15 is 0 Å². The zero-order chi connectivity index (χ0) is 15.9. The number of carbonyl (C=O) groups is 1. The predicted molar refractivity (Wildman–Crippen MR) is 93.3 cm³/mol. The molecule has 0 saturated heterocycles. The van der Waals surface area contributed by atoms with Crippen LogP contribution in [0.25, 0.3) is 0 Å². The second-order valence-corrected chi connectivity index (χ2v) is 5.79. The molecule has 1 heterocycles. The van der Waals surface area contributed by atoms with Crippen LogP contribution >= 0.6 is 0 Å². The highest BCUT2D eigenvalue weighted by atomic mass is 16.1. The molecule has 3 rings (SSSR count). The van der Waals surface area contributed by atoms with Crippen LogP contribution in [0.1, 0.15) is 23.5 Å². The van der Waals surface area contributed by atoms with Gasteiger partial charge in [-0.25, -0.2) is 0 Å². The van der Waals surface area contributed by atoms with Crippen LogP contribution in [0, 0.1) is 0 Å². The van der Waals surface area contributed by atoms with Crippen molar-refractivity contribution >= 4 is 5.91 Å². The van der Waals surface area contributed by atoms with Gasteiger partial charge < -0.3 is 10.6 Å². The summed E-state index contributed by atoms with van der Waals surface area (Å²) < 4.78 is 0. The number of hydrogen-bond acceptors (Lipinski definition) is 2. The van der Waals surface area contributed by atoms with E-state index in [9.17, 15) is 4.79 Å². The smallest absolute Gasteiger partial charge is 0.232 e. The quantitative estimate of drug-likeness (QED) is 0.834. The molecule has 2 aromatic rings. The van der Waals surface area contributed by atoms with E-state index in [2.05, 4.69) is 16.7 Å². The molecule has 0 radical (unpaired) electrons. The molecule has 0 bridgehead atoms. The Labute approximate surface area is 137 Å². The lowest BCUT2D eigenvalue weighted by Crippen LogP contribution is -2.33. The molecular formula is C20H22N2O. The van der Waals surface area contributed by atoms with Gasteiger partial charge in [-0.15, -0.1) is 0 Å². The van der Waals surface area contributed by atoms with Gasteiger partial charge in [-0.2, -0.15) is 0 Å². The van der Waals surface area contributed by atoms with Crippen LogP contribution in [-0.4, -0.2) is 25.5 Å². The third-order valence-corrected chi connectivity index (χ3v) is 4.18. The molecule has 23 heavy (non-hydrogen) atoms. The van der Waals surface area contributed by atoms with Crippen LogP contribution in [0.2, 0.25) is 0 Å². The second-order valence-electron chi connectivity index (χ2n) is 5.79. The minimum absolute atomic E-state index is 0.0573. The van der Waals surface area contributed by atoms with Gasteiger partial charge in [0, 0.05) is 13.1 Å². The topological polar surface area (TPSA) is 41.1 Å². The Morgan fingerprint density at radius 2 is 1.61 bits per heavy atom. The van der Waals surface area contributed by atoms with Crippen LogP contribution in [0.5, 0.6) is 0 Å². The molecule has 0 saturated carbocycles. The summed E-state index contributed by atoms with van der Waals surface area (Å²) in [5.74, 6) is -0.207. The van der Waals surface area contributed by atoms with E-state index in [0.717, 1.165) is 30.6 Å². The molecule has 3 heteroatoms. The van der Waals surface area contributed by atoms with Crippen LogP contribution < -0.4 is 10.6 Å². The monoisotopic (exact) mass is 306 g/mol. The average molecular weight is 306 g/mol. The van der Waals surface area contributed by atoms with E-state index in [1.54, 1.807) is 0 Å². The van der Waals surface area contributed by atoms with Gasteiger partial charge >= 0.3 is 0 Å². The van der Waals surface area contributed by atoms with Gasteiger partial charge in [-0.1, -0.05) is 72.3 Å². The van der Waals surface area contributed by atoms with Crippen LogP contribution in [0.3, 0.4) is 0 Å². The summed E-state index contributed by atoms with van der Waals surface area (Å²) in [7, 11) is 0. The van der Waals surface area contributed by atoms with E-state index in [1.807, 2.05) is 60.7 Å². The van der Waals surface area contributed by atoms with Crippen molar-refractivity contribution in [3.05, 3.63) is 83.4 Å². The van der Waals surface area contributed by atoms with Crippen LogP contribution in [0.4, 0.5) is 0 Å². The van der Waals surface area contributed by atoms with Gasteiger partial charge in [-0.3, -0.25) is 4.79 Å². The Morgan fingerprint density at radius 3 is 2.13 bits per heavy atom. The normalized spacial score (nSPS) is 14.4. The number of hydrogen-bond donors (Lipinski definition) is 2. The SMILES string of the molecule is O=C(NCC1=CCNCC1)C(c1ccccc1)c1ccccc1. The zero-order valence-electron chi connectivity index (χ0n) is 13.2. The summed E-state index contributed by atoms with van der Waals surface area (Å²) in [4.78, 5) is 12.8. The molecule has 1 aliphatic heterocycles. The summed E-state index contributed by atoms with van der Waals surface area (Å²) >= 11 is 0. The lowest BCUT2D eigenvalue weighted by Gasteiger charge is -2.20. The number of nitrogens with one attached hydrogen (secondary N) is 2. The first-order valence-corrected chi connectivity index (χ1v) is 8.11. The maximum absolute atomic E-state index is 12.8. The fraction of sp³-hybridized carbons (Fsp3) is 0.250. The Morgan fingerprint density at radius 1 is 1.00 bits per heavy atom. The fourth-order valence-corrected chi connectivity index (χ4v) is 2.92. The maximum atomic E-state index is 12.8. The molecule has 0 atom stereocenters. The Balaban J connectivity index is 1.78.